The van der Waals surface area contributed by atoms with Gasteiger partial charge in [0.05, 0.1) is 0 Å². The van der Waals surface area contributed by atoms with Crippen molar-refractivity contribution in [3.05, 3.63) is 51.1 Å². The summed E-state index contributed by atoms with van der Waals surface area (Å²) < 4.78 is 6.21. The van der Waals surface area contributed by atoms with Crippen LogP contribution in [0.1, 0.15) is 0 Å². The highest BCUT2D eigenvalue weighted by Crippen LogP contribution is 2.45. The summed E-state index contributed by atoms with van der Waals surface area (Å²) in [6.45, 7) is 0. The molecule has 0 radical (unpaired) electrons. The van der Waals surface area contributed by atoms with Gasteiger partial charge in [0, 0.05) is 26.8 Å². The Kier molecular flexibility index (Phi) is 4.72. The number of hydrogen-bond donors (Lipinski definition) is 0. The van der Waals surface area contributed by atoms with E-state index >= 15 is 0 Å². The molecule has 0 amide bonds. The van der Waals surface area contributed by atoms with E-state index in [0.717, 1.165) is 37.6 Å². The molecule has 0 aliphatic rings. The van der Waals surface area contributed by atoms with Gasteiger partial charge in [-0.15, -0.1) is 0 Å². The standard InChI is InChI=1S/C14H4Br6/c15-9-2-1-5-3-7-8(4-6(5)10(9)16)12(18)14(20)13(19)11(7)17/h1-4H. The third-order valence-corrected chi connectivity index (χ3v) is 9.97. The van der Waals surface area contributed by atoms with Crippen molar-refractivity contribution in [1.29, 1.82) is 0 Å². The van der Waals surface area contributed by atoms with E-state index in [0.29, 0.717) is 0 Å². The van der Waals surface area contributed by atoms with Crippen LogP contribution in [0.15, 0.2) is 51.1 Å². The van der Waals surface area contributed by atoms with E-state index in [1.54, 1.807) is 0 Å². The lowest BCUT2D eigenvalue weighted by Gasteiger charge is -2.12. The predicted molar refractivity (Wildman–Crippen MR) is 108 cm³/mol. The van der Waals surface area contributed by atoms with E-state index in [-0.39, 0.29) is 0 Å². The van der Waals surface area contributed by atoms with Crippen molar-refractivity contribution in [2.45, 2.75) is 0 Å². The maximum Gasteiger partial charge on any atom is 0.0477 e. The van der Waals surface area contributed by atoms with Crippen molar-refractivity contribution in [3.63, 3.8) is 0 Å². The molecule has 3 aromatic carbocycles. The van der Waals surface area contributed by atoms with Crippen molar-refractivity contribution in [1.82, 2.24) is 0 Å². The van der Waals surface area contributed by atoms with Crippen molar-refractivity contribution in [2.75, 3.05) is 0 Å². The zero-order valence-electron chi connectivity index (χ0n) is 9.58. The summed E-state index contributed by atoms with van der Waals surface area (Å²) in [6.07, 6.45) is 0. The summed E-state index contributed by atoms with van der Waals surface area (Å²) >= 11 is 21.7. The van der Waals surface area contributed by atoms with Crippen molar-refractivity contribution in [2.24, 2.45) is 0 Å². The van der Waals surface area contributed by atoms with Crippen molar-refractivity contribution in [3.8, 4) is 0 Å². The van der Waals surface area contributed by atoms with Gasteiger partial charge in [0.15, 0.2) is 0 Å². The van der Waals surface area contributed by atoms with Gasteiger partial charge in [-0.25, -0.2) is 0 Å². The molecule has 0 N–H and O–H groups in total. The molecule has 3 aromatic rings. The van der Waals surface area contributed by atoms with Gasteiger partial charge in [0.2, 0.25) is 0 Å². The number of fused-ring (bicyclic) bond motifs is 2. The Morgan fingerprint density at radius 1 is 0.500 bits per heavy atom. The van der Waals surface area contributed by atoms with E-state index in [2.05, 4.69) is 120 Å². The lowest BCUT2D eigenvalue weighted by Crippen LogP contribution is -1.85. The van der Waals surface area contributed by atoms with Gasteiger partial charge in [0.25, 0.3) is 0 Å². The number of benzene rings is 3. The van der Waals surface area contributed by atoms with Crippen LogP contribution in [-0.2, 0) is 0 Å². The molecule has 0 fully saturated rings. The molecular weight excluding hydrogens is 648 g/mol. The molecule has 6 heteroatoms. The van der Waals surface area contributed by atoms with Crippen LogP contribution in [0, 0.1) is 0 Å². The first-order chi connectivity index (χ1) is 9.41. The zero-order valence-corrected chi connectivity index (χ0v) is 19.1. The SMILES string of the molecule is Brc1ccc2cc3c(Br)c(Br)c(Br)c(Br)c3cc2c1Br. The van der Waals surface area contributed by atoms with Crippen LogP contribution in [-0.4, -0.2) is 0 Å². The van der Waals surface area contributed by atoms with Crippen LogP contribution in [0.4, 0.5) is 0 Å². The zero-order chi connectivity index (χ0) is 14.6. The molecule has 0 saturated carbocycles. The molecule has 0 aliphatic heterocycles. The molecule has 0 bridgehead atoms. The molecule has 0 unspecified atom stereocenters. The summed E-state index contributed by atoms with van der Waals surface area (Å²) in [5.74, 6) is 0. The van der Waals surface area contributed by atoms with Crippen LogP contribution >= 0.6 is 95.6 Å². The van der Waals surface area contributed by atoms with Gasteiger partial charge in [-0.05, 0) is 135 Å². The Morgan fingerprint density at radius 2 is 1.05 bits per heavy atom. The Balaban J connectivity index is 2.58. The fourth-order valence-corrected chi connectivity index (χ4v) is 5.33. The molecule has 3 rings (SSSR count). The maximum atomic E-state index is 3.67. The first-order valence-corrected chi connectivity index (χ1v) is 10.2. The van der Waals surface area contributed by atoms with Gasteiger partial charge in [-0.1, -0.05) is 6.07 Å². The molecule has 0 atom stereocenters. The van der Waals surface area contributed by atoms with Crippen LogP contribution in [0.2, 0.25) is 0 Å². The van der Waals surface area contributed by atoms with E-state index in [9.17, 15) is 0 Å². The van der Waals surface area contributed by atoms with Gasteiger partial charge in [-0.3, -0.25) is 0 Å². The number of halogens is 6. The van der Waals surface area contributed by atoms with Gasteiger partial charge < -0.3 is 0 Å². The van der Waals surface area contributed by atoms with Gasteiger partial charge in [-0.2, -0.15) is 0 Å². The molecule has 0 saturated heterocycles. The van der Waals surface area contributed by atoms with E-state index in [1.807, 2.05) is 0 Å². The predicted octanol–water partition coefficient (Wildman–Crippen LogP) is 8.57. The normalized spacial score (nSPS) is 11.5. The summed E-state index contributed by atoms with van der Waals surface area (Å²) in [7, 11) is 0. The minimum Gasteiger partial charge on any atom is -0.0532 e. The fourth-order valence-electron chi connectivity index (χ4n) is 2.10. The highest BCUT2D eigenvalue weighted by atomic mass is 79.9. The molecule has 0 spiro atoms. The lowest BCUT2D eigenvalue weighted by molar-refractivity contribution is 1.57. The van der Waals surface area contributed by atoms with Gasteiger partial charge in [0.1, 0.15) is 0 Å². The lowest BCUT2D eigenvalue weighted by atomic mass is 10.0. The largest absolute Gasteiger partial charge is 0.0532 e. The third-order valence-electron chi connectivity index (χ3n) is 3.10. The second-order valence-electron chi connectivity index (χ2n) is 4.24. The topological polar surface area (TPSA) is 0 Å². The van der Waals surface area contributed by atoms with E-state index < -0.39 is 0 Å². The summed E-state index contributed by atoms with van der Waals surface area (Å²) in [6, 6.07) is 8.54. The first kappa shape index (κ1) is 15.9. The van der Waals surface area contributed by atoms with E-state index in [1.165, 1.54) is 10.8 Å². The minimum atomic E-state index is 1.00. The molecule has 0 aliphatic carbocycles. The second-order valence-corrected chi connectivity index (χ2v) is 9.06. The first-order valence-electron chi connectivity index (χ1n) is 5.45. The number of hydrogen-bond acceptors (Lipinski definition) is 0. The Bertz CT molecular complexity index is 869. The van der Waals surface area contributed by atoms with E-state index in [4.69, 9.17) is 0 Å². The summed E-state index contributed by atoms with van der Waals surface area (Å²) in [4.78, 5) is 0. The smallest absolute Gasteiger partial charge is 0.0477 e. The minimum absolute atomic E-state index is 1.00. The maximum absolute atomic E-state index is 3.67. The van der Waals surface area contributed by atoms with Crippen molar-refractivity contribution >= 4 is 117 Å². The third kappa shape index (κ3) is 2.48. The molecular formula is C14H4Br6. The molecule has 102 valence electrons. The van der Waals surface area contributed by atoms with Crippen LogP contribution in [0.3, 0.4) is 0 Å². The highest BCUT2D eigenvalue weighted by molar-refractivity contribution is 9.15. The van der Waals surface area contributed by atoms with Gasteiger partial charge >= 0.3 is 0 Å². The molecule has 0 heterocycles. The van der Waals surface area contributed by atoms with Crippen LogP contribution in [0.25, 0.3) is 21.5 Å². The quantitative estimate of drug-likeness (QED) is 0.130. The molecule has 0 nitrogen and oxygen atoms in total. The Hall–Kier alpha value is 1.06. The second kappa shape index (κ2) is 5.93. The monoisotopic (exact) mass is 646 g/mol. The van der Waals surface area contributed by atoms with Crippen molar-refractivity contribution < 1.29 is 0 Å². The van der Waals surface area contributed by atoms with Crippen LogP contribution < -0.4 is 0 Å². The highest BCUT2D eigenvalue weighted by Gasteiger charge is 2.15. The fraction of sp³-hybridized carbons (Fsp3) is 0. The molecule has 0 aromatic heterocycles. The number of rotatable bonds is 0. The Labute approximate surface area is 166 Å². The average molecular weight is 652 g/mol. The van der Waals surface area contributed by atoms with Crippen LogP contribution in [0.5, 0.6) is 0 Å². The average Bonchev–Trinajstić information content (AvgIpc) is 2.45. The molecule has 20 heavy (non-hydrogen) atoms. The Morgan fingerprint density at radius 3 is 1.65 bits per heavy atom. The summed E-state index contributed by atoms with van der Waals surface area (Å²) in [5, 5.41) is 4.68. The summed E-state index contributed by atoms with van der Waals surface area (Å²) in [5.41, 5.74) is 0.